The van der Waals surface area contributed by atoms with Gasteiger partial charge in [0.15, 0.2) is 17.3 Å². The molecule has 0 radical (unpaired) electrons. The molecule has 0 spiro atoms. The summed E-state index contributed by atoms with van der Waals surface area (Å²) in [6.45, 7) is 3.05. The van der Waals surface area contributed by atoms with Gasteiger partial charge in [-0.1, -0.05) is 42.0 Å². The Morgan fingerprint density at radius 3 is 2.56 bits per heavy atom. The van der Waals surface area contributed by atoms with Crippen molar-refractivity contribution in [2.75, 3.05) is 13.7 Å². The molecular formula is C29H25N3O4. The van der Waals surface area contributed by atoms with E-state index >= 15 is 0 Å². The second-order valence-electron chi connectivity index (χ2n) is 8.28. The van der Waals surface area contributed by atoms with Gasteiger partial charge >= 0.3 is 0 Å². The highest BCUT2D eigenvalue weighted by Crippen LogP contribution is 2.38. The van der Waals surface area contributed by atoms with Crippen LogP contribution in [-0.4, -0.2) is 34.0 Å². The Morgan fingerprint density at radius 2 is 1.78 bits per heavy atom. The van der Waals surface area contributed by atoms with Gasteiger partial charge in [0, 0.05) is 35.6 Å². The number of ketones is 1. The zero-order valence-electron chi connectivity index (χ0n) is 20.0. The van der Waals surface area contributed by atoms with Crippen LogP contribution in [0.25, 0.3) is 10.9 Å². The Labute approximate surface area is 208 Å². The third kappa shape index (κ3) is 4.90. The molecule has 0 saturated carbocycles. The Kier molecular flexibility index (Phi) is 6.62. The smallest absolute Gasteiger partial charge is 0.196 e. The Morgan fingerprint density at radius 1 is 0.917 bits per heavy atom. The lowest BCUT2D eigenvalue weighted by Gasteiger charge is -2.15. The maximum atomic E-state index is 13.3. The van der Waals surface area contributed by atoms with Gasteiger partial charge in [-0.15, -0.1) is 0 Å². The number of rotatable bonds is 9. The first kappa shape index (κ1) is 23.1. The highest BCUT2D eigenvalue weighted by atomic mass is 16.5. The van der Waals surface area contributed by atoms with Crippen molar-refractivity contribution >= 4 is 16.7 Å². The molecule has 180 valence electrons. The molecule has 2 heterocycles. The summed E-state index contributed by atoms with van der Waals surface area (Å²) in [5.41, 5.74) is 2.76. The number of aromatic nitrogens is 3. The van der Waals surface area contributed by atoms with Crippen molar-refractivity contribution in [2.45, 2.75) is 13.5 Å². The average Bonchev–Trinajstić information content (AvgIpc) is 3.43. The summed E-state index contributed by atoms with van der Waals surface area (Å²) in [5.74, 6) is 2.09. The molecule has 0 unspecified atom stereocenters. The van der Waals surface area contributed by atoms with Gasteiger partial charge in [0.05, 0.1) is 31.1 Å². The normalized spacial score (nSPS) is 10.8. The summed E-state index contributed by atoms with van der Waals surface area (Å²) >= 11 is 0. The second-order valence-corrected chi connectivity index (χ2v) is 8.28. The van der Waals surface area contributed by atoms with Gasteiger partial charge in [-0.05, 0) is 31.2 Å². The topological polar surface area (TPSA) is 75.5 Å². The predicted molar refractivity (Wildman–Crippen MR) is 137 cm³/mol. The maximum Gasteiger partial charge on any atom is 0.196 e. The van der Waals surface area contributed by atoms with Crippen LogP contribution in [-0.2, 0) is 6.54 Å². The molecule has 0 aliphatic heterocycles. The van der Waals surface area contributed by atoms with Gasteiger partial charge in [0.25, 0.3) is 0 Å². The number of ether oxygens (including phenoxy) is 3. The highest BCUT2D eigenvalue weighted by Gasteiger charge is 2.18. The van der Waals surface area contributed by atoms with Gasteiger partial charge in [-0.25, -0.2) is 4.98 Å². The van der Waals surface area contributed by atoms with E-state index in [1.54, 1.807) is 44.0 Å². The zero-order chi connectivity index (χ0) is 24.9. The van der Waals surface area contributed by atoms with E-state index in [1.807, 2.05) is 66.2 Å². The number of methoxy groups -OCH3 is 1. The van der Waals surface area contributed by atoms with E-state index in [1.165, 1.54) is 0 Å². The molecule has 0 saturated heterocycles. The minimum absolute atomic E-state index is 0.0983. The third-order valence-corrected chi connectivity index (χ3v) is 5.79. The fraction of sp³-hybridized carbons (Fsp3) is 0.138. The van der Waals surface area contributed by atoms with Crippen molar-refractivity contribution < 1.29 is 19.0 Å². The zero-order valence-corrected chi connectivity index (χ0v) is 20.0. The third-order valence-electron chi connectivity index (χ3n) is 5.79. The predicted octanol–water partition coefficient (Wildman–Crippen LogP) is 5.85. The molecule has 7 nitrogen and oxygen atoms in total. The van der Waals surface area contributed by atoms with E-state index in [0.717, 1.165) is 10.9 Å². The van der Waals surface area contributed by atoms with Gasteiger partial charge in [0.2, 0.25) is 0 Å². The minimum Gasteiger partial charge on any atom is -0.493 e. The number of imidazole rings is 1. The van der Waals surface area contributed by atoms with E-state index in [2.05, 4.69) is 9.97 Å². The van der Waals surface area contributed by atoms with Crippen molar-refractivity contribution in [3.05, 3.63) is 108 Å². The van der Waals surface area contributed by atoms with E-state index in [0.29, 0.717) is 52.8 Å². The molecule has 5 rings (SSSR count). The van der Waals surface area contributed by atoms with Crippen LogP contribution < -0.4 is 14.2 Å². The van der Waals surface area contributed by atoms with Crippen molar-refractivity contribution in [3.8, 4) is 23.0 Å². The van der Waals surface area contributed by atoms with E-state index in [9.17, 15) is 4.79 Å². The van der Waals surface area contributed by atoms with Crippen LogP contribution in [0.15, 0.2) is 91.6 Å². The molecule has 0 aliphatic carbocycles. The number of nitrogens with zero attached hydrogens (tertiary/aromatic N) is 3. The van der Waals surface area contributed by atoms with Crippen LogP contribution in [0.2, 0.25) is 0 Å². The summed E-state index contributed by atoms with van der Waals surface area (Å²) in [5, 5.41) is 0.745. The molecule has 0 atom stereocenters. The largest absolute Gasteiger partial charge is 0.493 e. The number of hydrogen-bond donors (Lipinski definition) is 0. The van der Waals surface area contributed by atoms with E-state index in [4.69, 9.17) is 14.2 Å². The van der Waals surface area contributed by atoms with Crippen LogP contribution >= 0.6 is 0 Å². The Balaban J connectivity index is 1.46. The average molecular weight is 480 g/mol. The summed E-state index contributed by atoms with van der Waals surface area (Å²) in [6.07, 6.45) is 7.03. The minimum atomic E-state index is -0.0983. The lowest BCUT2D eigenvalue weighted by Crippen LogP contribution is -2.07. The molecule has 0 aliphatic rings. The van der Waals surface area contributed by atoms with Crippen LogP contribution in [0, 0.1) is 6.92 Å². The van der Waals surface area contributed by atoms with Crippen molar-refractivity contribution in [1.29, 1.82) is 0 Å². The molecule has 3 aromatic carbocycles. The molecule has 0 bridgehead atoms. The standard InChI is InChI=1S/C29H25N3O4/c1-20-8-9-25(23(16-20)29(33)21-6-4-3-5-7-21)36-26-10-11-31-24-18-28(27(34-2)17-22(24)26)35-15-14-32-13-12-30-19-32/h3-13,16-19H,14-15H2,1-2H3. The first-order valence-corrected chi connectivity index (χ1v) is 11.6. The monoisotopic (exact) mass is 479 g/mol. The van der Waals surface area contributed by atoms with Crippen LogP contribution in [0.4, 0.5) is 0 Å². The van der Waals surface area contributed by atoms with Crippen molar-refractivity contribution in [1.82, 2.24) is 14.5 Å². The van der Waals surface area contributed by atoms with Crippen LogP contribution in [0.5, 0.6) is 23.0 Å². The number of fused-ring (bicyclic) bond motifs is 1. The van der Waals surface area contributed by atoms with Crippen LogP contribution in [0.1, 0.15) is 21.5 Å². The van der Waals surface area contributed by atoms with Gasteiger partial charge in [-0.2, -0.15) is 0 Å². The number of aryl methyl sites for hydroxylation is 1. The summed E-state index contributed by atoms with van der Waals surface area (Å²) < 4.78 is 19.8. The molecule has 0 fully saturated rings. The van der Waals surface area contributed by atoms with E-state index in [-0.39, 0.29) is 5.78 Å². The van der Waals surface area contributed by atoms with Crippen molar-refractivity contribution in [2.24, 2.45) is 0 Å². The van der Waals surface area contributed by atoms with Gasteiger partial charge in [0.1, 0.15) is 18.1 Å². The number of pyridine rings is 1. The lowest BCUT2D eigenvalue weighted by molar-refractivity contribution is 0.103. The second kappa shape index (κ2) is 10.3. The lowest BCUT2D eigenvalue weighted by atomic mass is 10.0. The summed E-state index contributed by atoms with van der Waals surface area (Å²) in [6, 6.07) is 20.2. The number of carbonyl (C=O) groups excluding carboxylic acids is 1. The molecule has 2 aromatic heterocycles. The fourth-order valence-electron chi connectivity index (χ4n) is 3.94. The maximum absolute atomic E-state index is 13.3. The quantitative estimate of drug-likeness (QED) is 0.247. The number of carbonyl (C=O) groups is 1. The first-order valence-electron chi connectivity index (χ1n) is 11.6. The molecule has 7 heteroatoms. The van der Waals surface area contributed by atoms with E-state index < -0.39 is 0 Å². The van der Waals surface area contributed by atoms with Gasteiger partial charge in [-0.3, -0.25) is 9.78 Å². The molecule has 5 aromatic rings. The van der Waals surface area contributed by atoms with Crippen LogP contribution in [0.3, 0.4) is 0 Å². The van der Waals surface area contributed by atoms with Crippen molar-refractivity contribution in [3.63, 3.8) is 0 Å². The Bertz CT molecular complexity index is 1500. The molecular weight excluding hydrogens is 454 g/mol. The first-order chi connectivity index (χ1) is 17.6. The summed E-state index contributed by atoms with van der Waals surface area (Å²) in [4.78, 5) is 21.8. The molecule has 0 N–H and O–H groups in total. The Hall–Kier alpha value is -4.65. The number of hydrogen-bond acceptors (Lipinski definition) is 6. The number of benzene rings is 3. The SMILES string of the molecule is COc1cc2c(Oc3ccc(C)cc3C(=O)c3ccccc3)ccnc2cc1OCCn1ccnc1. The van der Waals surface area contributed by atoms with Gasteiger partial charge < -0.3 is 18.8 Å². The summed E-state index contributed by atoms with van der Waals surface area (Å²) in [7, 11) is 1.59. The molecule has 0 amide bonds. The fourth-order valence-corrected chi connectivity index (χ4v) is 3.94. The highest BCUT2D eigenvalue weighted by molar-refractivity contribution is 6.11. The molecule has 36 heavy (non-hydrogen) atoms.